The SMILES string of the molecule is Cc1ccc(CC(=O)c2ccco2)cn1. The molecule has 0 N–H and O–H groups in total. The van der Waals surface area contributed by atoms with Crippen LogP contribution >= 0.6 is 0 Å². The lowest BCUT2D eigenvalue weighted by molar-refractivity contribution is 0.0966. The van der Waals surface area contributed by atoms with Crippen LogP contribution in [-0.2, 0) is 6.42 Å². The number of ketones is 1. The van der Waals surface area contributed by atoms with Gasteiger partial charge in [0.1, 0.15) is 0 Å². The highest BCUT2D eigenvalue weighted by Crippen LogP contribution is 2.07. The third-order valence-corrected chi connectivity index (χ3v) is 2.13. The summed E-state index contributed by atoms with van der Waals surface area (Å²) in [5.74, 6) is 0.376. The van der Waals surface area contributed by atoms with E-state index in [9.17, 15) is 4.79 Å². The maximum atomic E-state index is 11.6. The monoisotopic (exact) mass is 201 g/mol. The first-order valence-electron chi connectivity index (χ1n) is 4.74. The first-order chi connectivity index (χ1) is 7.25. The van der Waals surface area contributed by atoms with Crippen molar-refractivity contribution in [1.82, 2.24) is 4.98 Å². The van der Waals surface area contributed by atoms with E-state index in [0.29, 0.717) is 12.2 Å². The van der Waals surface area contributed by atoms with E-state index in [-0.39, 0.29) is 5.78 Å². The number of carbonyl (C=O) groups is 1. The van der Waals surface area contributed by atoms with Crippen molar-refractivity contribution in [3.63, 3.8) is 0 Å². The molecule has 2 heterocycles. The van der Waals surface area contributed by atoms with Crippen LogP contribution in [0.5, 0.6) is 0 Å². The smallest absolute Gasteiger partial charge is 0.202 e. The molecule has 2 aromatic rings. The number of furan rings is 1. The molecule has 2 aromatic heterocycles. The molecule has 0 saturated heterocycles. The van der Waals surface area contributed by atoms with Crippen molar-refractivity contribution in [2.45, 2.75) is 13.3 Å². The molecule has 76 valence electrons. The van der Waals surface area contributed by atoms with E-state index in [1.54, 1.807) is 18.3 Å². The predicted molar refractivity (Wildman–Crippen MR) is 55.7 cm³/mol. The summed E-state index contributed by atoms with van der Waals surface area (Å²) in [5, 5.41) is 0. The van der Waals surface area contributed by atoms with E-state index >= 15 is 0 Å². The van der Waals surface area contributed by atoms with Crippen molar-refractivity contribution in [1.29, 1.82) is 0 Å². The molecule has 0 unspecified atom stereocenters. The second-order valence-corrected chi connectivity index (χ2v) is 3.39. The number of rotatable bonds is 3. The van der Waals surface area contributed by atoms with Crippen LogP contribution in [0.25, 0.3) is 0 Å². The second-order valence-electron chi connectivity index (χ2n) is 3.39. The highest BCUT2D eigenvalue weighted by atomic mass is 16.3. The largest absolute Gasteiger partial charge is 0.461 e. The highest BCUT2D eigenvalue weighted by Gasteiger charge is 2.09. The average Bonchev–Trinajstić information content (AvgIpc) is 2.74. The summed E-state index contributed by atoms with van der Waals surface area (Å²) in [7, 11) is 0. The van der Waals surface area contributed by atoms with Crippen molar-refractivity contribution in [3.8, 4) is 0 Å². The van der Waals surface area contributed by atoms with Crippen LogP contribution in [0.15, 0.2) is 41.1 Å². The highest BCUT2D eigenvalue weighted by molar-refractivity contribution is 5.94. The lowest BCUT2D eigenvalue weighted by Crippen LogP contribution is -2.02. The molecule has 3 nitrogen and oxygen atoms in total. The zero-order chi connectivity index (χ0) is 10.7. The third kappa shape index (κ3) is 2.31. The standard InChI is InChI=1S/C12H11NO2/c1-9-4-5-10(8-13-9)7-11(14)12-3-2-6-15-12/h2-6,8H,7H2,1H3. The van der Waals surface area contributed by atoms with Crippen molar-refractivity contribution in [3.05, 3.63) is 53.7 Å². The summed E-state index contributed by atoms with van der Waals surface area (Å²) in [6, 6.07) is 7.18. The number of Topliss-reactive ketones (excluding diaryl/α,β-unsaturated/α-hetero) is 1. The Labute approximate surface area is 87.8 Å². The molecule has 0 amide bonds. The van der Waals surface area contributed by atoms with Gasteiger partial charge in [0, 0.05) is 18.3 Å². The zero-order valence-electron chi connectivity index (χ0n) is 8.43. The molecule has 0 fully saturated rings. The molecule has 0 atom stereocenters. The summed E-state index contributed by atoms with van der Waals surface area (Å²) >= 11 is 0. The van der Waals surface area contributed by atoms with Gasteiger partial charge in [0.2, 0.25) is 5.78 Å². The molecule has 2 rings (SSSR count). The lowest BCUT2D eigenvalue weighted by atomic mass is 10.1. The summed E-state index contributed by atoms with van der Waals surface area (Å²) in [6.07, 6.45) is 3.55. The predicted octanol–water partition coefficient (Wildman–Crippen LogP) is 2.41. The molecule has 0 aliphatic rings. The molecular formula is C12H11NO2. The molecule has 0 bridgehead atoms. The quantitative estimate of drug-likeness (QED) is 0.716. The third-order valence-electron chi connectivity index (χ3n) is 2.13. The van der Waals surface area contributed by atoms with Crippen LogP contribution in [0.1, 0.15) is 21.8 Å². The number of hydrogen-bond acceptors (Lipinski definition) is 3. The Morgan fingerprint density at radius 2 is 2.27 bits per heavy atom. The van der Waals surface area contributed by atoms with Crippen molar-refractivity contribution in [2.75, 3.05) is 0 Å². The van der Waals surface area contributed by atoms with Gasteiger partial charge in [0.15, 0.2) is 5.76 Å². The molecule has 0 radical (unpaired) electrons. The van der Waals surface area contributed by atoms with Gasteiger partial charge in [0.25, 0.3) is 0 Å². The fourth-order valence-electron chi connectivity index (χ4n) is 1.31. The van der Waals surface area contributed by atoms with Crippen LogP contribution in [-0.4, -0.2) is 10.8 Å². The summed E-state index contributed by atoms with van der Waals surface area (Å²) < 4.78 is 5.02. The van der Waals surface area contributed by atoms with E-state index < -0.39 is 0 Å². The molecule has 0 aliphatic heterocycles. The zero-order valence-corrected chi connectivity index (χ0v) is 8.43. The molecule has 0 aliphatic carbocycles. The van der Waals surface area contributed by atoms with Gasteiger partial charge in [-0.3, -0.25) is 9.78 Å². The Bertz CT molecular complexity index is 443. The minimum atomic E-state index is -0.0225. The van der Waals surface area contributed by atoms with E-state index in [0.717, 1.165) is 11.3 Å². The number of carbonyl (C=O) groups excluding carboxylic acids is 1. The van der Waals surface area contributed by atoms with Crippen LogP contribution in [0.4, 0.5) is 0 Å². The molecule has 15 heavy (non-hydrogen) atoms. The number of nitrogens with zero attached hydrogens (tertiary/aromatic N) is 1. The van der Waals surface area contributed by atoms with Crippen LogP contribution in [0.3, 0.4) is 0 Å². The number of aryl methyl sites for hydroxylation is 1. The second kappa shape index (κ2) is 4.09. The van der Waals surface area contributed by atoms with Gasteiger partial charge < -0.3 is 4.42 Å². The number of pyridine rings is 1. The van der Waals surface area contributed by atoms with Crippen molar-refractivity contribution >= 4 is 5.78 Å². The Morgan fingerprint density at radius 1 is 1.40 bits per heavy atom. The summed E-state index contributed by atoms with van der Waals surface area (Å²) in [4.78, 5) is 15.8. The molecule has 0 spiro atoms. The summed E-state index contributed by atoms with van der Waals surface area (Å²) in [6.45, 7) is 1.91. The van der Waals surface area contributed by atoms with E-state index in [2.05, 4.69) is 4.98 Å². The first-order valence-corrected chi connectivity index (χ1v) is 4.74. The van der Waals surface area contributed by atoms with E-state index in [4.69, 9.17) is 4.42 Å². The van der Waals surface area contributed by atoms with E-state index in [1.165, 1.54) is 6.26 Å². The van der Waals surface area contributed by atoms with Crippen LogP contribution in [0, 0.1) is 6.92 Å². The fourth-order valence-corrected chi connectivity index (χ4v) is 1.31. The Morgan fingerprint density at radius 3 is 2.87 bits per heavy atom. The van der Waals surface area contributed by atoms with Crippen LogP contribution in [0.2, 0.25) is 0 Å². The first kappa shape index (κ1) is 9.65. The summed E-state index contributed by atoms with van der Waals surface area (Å²) in [5.41, 5.74) is 1.85. The van der Waals surface area contributed by atoms with Gasteiger partial charge in [-0.25, -0.2) is 0 Å². The number of hydrogen-bond donors (Lipinski definition) is 0. The van der Waals surface area contributed by atoms with Gasteiger partial charge in [-0.15, -0.1) is 0 Å². The molecule has 0 saturated carbocycles. The Hall–Kier alpha value is -1.90. The van der Waals surface area contributed by atoms with Crippen LogP contribution < -0.4 is 0 Å². The molecule has 3 heteroatoms. The van der Waals surface area contributed by atoms with E-state index in [1.807, 2.05) is 19.1 Å². The Kier molecular flexibility index (Phi) is 2.63. The van der Waals surface area contributed by atoms with Crippen molar-refractivity contribution < 1.29 is 9.21 Å². The minimum Gasteiger partial charge on any atom is -0.461 e. The minimum absolute atomic E-state index is 0.0225. The van der Waals surface area contributed by atoms with Gasteiger partial charge >= 0.3 is 0 Å². The maximum Gasteiger partial charge on any atom is 0.202 e. The average molecular weight is 201 g/mol. The van der Waals surface area contributed by atoms with Crippen molar-refractivity contribution in [2.24, 2.45) is 0 Å². The topological polar surface area (TPSA) is 43.1 Å². The Balaban J connectivity index is 2.09. The fraction of sp³-hybridized carbons (Fsp3) is 0.167. The maximum absolute atomic E-state index is 11.6. The van der Waals surface area contributed by atoms with Gasteiger partial charge in [-0.1, -0.05) is 6.07 Å². The normalized spacial score (nSPS) is 10.2. The van der Waals surface area contributed by atoms with Gasteiger partial charge in [0.05, 0.1) is 6.26 Å². The van der Waals surface area contributed by atoms with Gasteiger partial charge in [-0.2, -0.15) is 0 Å². The lowest BCUT2D eigenvalue weighted by Gasteiger charge is -1.98. The molecular weight excluding hydrogens is 190 g/mol. The van der Waals surface area contributed by atoms with Gasteiger partial charge in [-0.05, 0) is 30.7 Å². The molecule has 0 aromatic carbocycles. The number of aromatic nitrogens is 1.